The number of halogens is 3. The number of hydrogen-bond acceptors (Lipinski definition) is 5. The molecular weight excluding hydrogens is 331 g/mol. The van der Waals surface area contributed by atoms with Gasteiger partial charge in [-0.05, 0) is 25.1 Å². The lowest BCUT2D eigenvalue weighted by atomic mass is 10.1. The number of benzene rings is 1. The van der Waals surface area contributed by atoms with Crippen molar-refractivity contribution in [2.45, 2.75) is 6.92 Å². The molecule has 8 heteroatoms. The highest BCUT2D eigenvalue weighted by atomic mass is 19.2. The van der Waals surface area contributed by atoms with Gasteiger partial charge in [0.15, 0.2) is 17.5 Å². The second kappa shape index (κ2) is 6.57. The van der Waals surface area contributed by atoms with E-state index in [9.17, 15) is 13.2 Å². The SMILES string of the molecule is Cc1c(F)c(F)cc(Nc2nccc(-c3ccnc(C#N)c3)n2)c1F. The van der Waals surface area contributed by atoms with E-state index in [1.165, 1.54) is 18.5 Å². The van der Waals surface area contributed by atoms with E-state index in [1.54, 1.807) is 12.1 Å². The Bertz CT molecular complexity index is 998. The summed E-state index contributed by atoms with van der Waals surface area (Å²) in [5.41, 5.74) is 0.565. The van der Waals surface area contributed by atoms with Crippen molar-refractivity contribution in [1.29, 1.82) is 5.26 Å². The van der Waals surface area contributed by atoms with E-state index < -0.39 is 23.0 Å². The number of nitriles is 1. The molecule has 0 spiro atoms. The molecule has 0 amide bonds. The van der Waals surface area contributed by atoms with Crippen molar-refractivity contribution >= 4 is 11.6 Å². The molecular formula is C17H10F3N5. The van der Waals surface area contributed by atoms with Crippen LogP contribution < -0.4 is 5.32 Å². The van der Waals surface area contributed by atoms with E-state index in [-0.39, 0.29) is 17.3 Å². The molecule has 0 aliphatic carbocycles. The number of nitrogens with one attached hydrogen (secondary N) is 1. The fraction of sp³-hybridized carbons (Fsp3) is 0.0588. The quantitative estimate of drug-likeness (QED) is 0.732. The van der Waals surface area contributed by atoms with E-state index in [1.807, 2.05) is 6.07 Å². The molecule has 3 aromatic rings. The molecule has 0 saturated heterocycles. The molecule has 0 fully saturated rings. The van der Waals surface area contributed by atoms with Gasteiger partial charge in [0.05, 0.1) is 11.4 Å². The normalized spacial score (nSPS) is 10.4. The number of nitrogens with zero attached hydrogens (tertiary/aromatic N) is 4. The topological polar surface area (TPSA) is 74.5 Å². The predicted molar refractivity (Wildman–Crippen MR) is 84.3 cm³/mol. The van der Waals surface area contributed by atoms with Crippen LogP contribution in [0.5, 0.6) is 0 Å². The zero-order valence-corrected chi connectivity index (χ0v) is 12.9. The molecule has 2 aromatic heterocycles. The van der Waals surface area contributed by atoms with Crippen molar-refractivity contribution < 1.29 is 13.2 Å². The molecule has 0 radical (unpaired) electrons. The van der Waals surface area contributed by atoms with Crippen LogP contribution in [-0.4, -0.2) is 15.0 Å². The minimum Gasteiger partial charge on any atom is -0.322 e. The van der Waals surface area contributed by atoms with E-state index in [0.29, 0.717) is 17.3 Å². The number of rotatable bonds is 3. The largest absolute Gasteiger partial charge is 0.322 e. The van der Waals surface area contributed by atoms with Crippen molar-refractivity contribution in [2.24, 2.45) is 0 Å². The third kappa shape index (κ3) is 3.26. The van der Waals surface area contributed by atoms with E-state index in [2.05, 4.69) is 20.3 Å². The summed E-state index contributed by atoms with van der Waals surface area (Å²) >= 11 is 0. The fourth-order valence-corrected chi connectivity index (χ4v) is 2.17. The first-order valence-corrected chi connectivity index (χ1v) is 7.10. The Balaban J connectivity index is 1.97. The number of pyridine rings is 1. The number of hydrogen-bond donors (Lipinski definition) is 1. The Morgan fingerprint density at radius 3 is 2.56 bits per heavy atom. The number of anilines is 2. The molecule has 0 saturated carbocycles. The Morgan fingerprint density at radius 1 is 1.04 bits per heavy atom. The van der Waals surface area contributed by atoms with Crippen LogP contribution in [0.15, 0.2) is 36.7 Å². The minimum atomic E-state index is -1.24. The summed E-state index contributed by atoms with van der Waals surface area (Å²) in [6.07, 6.45) is 2.88. The molecule has 0 atom stereocenters. The highest BCUT2D eigenvalue weighted by Crippen LogP contribution is 2.26. The van der Waals surface area contributed by atoms with Crippen LogP contribution in [0.25, 0.3) is 11.3 Å². The maximum absolute atomic E-state index is 14.1. The van der Waals surface area contributed by atoms with Gasteiger partial charge in [0.25, 0.3) is 0 Å². The predicted octanol–water partition coefficient (Wildman–Crippen LogP) is 3.88. The maximum Gasteiger partial charge on any atom is 0.227 e. The van der Waals surface area contributed by atoms with Crippen molar-refractivity contribution in [3.05, 3.63) is 65.4 Å². The first kappa shape index (κ1) is 16.4. The molecule has 0 aliphatic rings. The highest BCUT2D eigenvalue weighted by molar-refractivity contribution is 5.63. The highest BCUT2D eigenvalue weighted by Gasteiger charge is 2.16. The molecule has 0 unspecified atom stereocenters. The van der Waals surface area contributed by atoms with Gasteiger partial charge in [-0.2, -0.15) is 5.26 Å². The zero-order chi connectivity index (χ0) is 18.0. The molecule has 1 N–H and O–H groups in total. The van der Waals surface area contributed by atoms with Crippen LogP contribution in [0.2, 0.25) is 0 Å². The summed E-state index contributed by atoms with van der Waals surface area (Å²) in [7, 11) is 0. The third-order valence-electron chi connectivity index (χ3n) is 3.45. The molecule has 2 heterocycles. The standard InChI is InChI=1S/C17H10F3N5/c1-9-15(19)12(18)7-14(16(9)20)25-17-23-5-3-13(24-17)10-2-4-22-11(6-10)8-21/h2-7H,1H3,(H,23,24,25). The van der Waals surface area contributed by atoms with Crippen LogP contribution in [0.4, 0.5) is 24.8 Å². The second-order valence-electron chi connectivity index (χ2n) is 5.09. The summed E-state index contributed by atoms with van der Waals surface area (Å²) in [5, 5.41) is 11.4. The van der Waals surface area contributed by atoms with Gasteiger partial charge < -0.3 is 5.32 Å². The Labute approximate surface area is 140 Å². The first-order chi connectivity index (χ1) is 12.0. The van der Waals surface area contributed by atoms with Gasteiger partial charge in [0, 0.05) is 29.6 Å². The van der Waals surface area contributed by atoms with Crippen LogP contribution in [-0.2, 0) is 0 Å². The van der Waals surface area contributed by atoms with Gasteiger partial charge in [-0.15, -0.1) is 0 Å². The van der Waals surface area contributed by atoms with Gasteiger partial charge in [-0.1, -0.05) is 0 Å². The monoisotopic (exact) mass is 341 g/mol. The Hall–Kier alpha value is -3.47. The molecule has 0 bridgehead atoms. The van der Waals surface area contributed by atoms with Gasteiger partial charge in [0.2, 0.25) is 5.95 Å². The molecule has 25 heavy (non-hydrogen) atoms. The van der Waals surface area contributed by atoms with Gasteiger partial charge in [-0.25, -0.2) is 28.1 Å². The lowest BCUT2D eigenvalue weighted by Gasteiger charge is -2.10. The van der Waals surface area contributed by atoms with E-state index in [0.717, 1.165) is 6.92 Å². The lowest BCUT2D eigenvalue weighted by molar-refractivity contribution is 0.488. The molecule has 5 nitrogen and oxygen atoms in total. The summed E-state index contributed by atoms with van der Waals surface area (Å²) in [5.74, 6) is -3.34. The Kier molecular flexibility index (Phi) is 4.31. The van der Waals surface area contributed by atoms with Crippen molar-refractivity contribution in [3.8, 4) is 17.3 Å². The fourth-order valence-electron chi connectivity index (χ4n) is 2.17. The summed E-state index contributed by atoms with van der Waals surface area (Å²) in [6.45, 7) is 1.14. The summed E-state index contributed by atoms with van der Waals surface area (Å²) in [4.78, 5) is 12.0. The van der Waals surface area contributed by atoms with Crippen molar-refractivity contribution in [3.63, 3.8) is 0 Å². The van der Waals surface area contributed by atoms with Gasteiger partial charge in [-0.3, -0.25) is 0 Å². The van der Waals surface area contributed by atoms with Gasteiger partial charge in [0.1, 0.15) is 11.8 Å². The van der Waals surface area contributed by atoms with Crippen LogP contribution in [0.3, 0.4) is 0 Å². The average molecular weight is 341 g/mol. The van der Waals surface area contributed by atoms with Crippen LogP contribution >= 0.6 is 0 Å². The molecule has 124 valence electrons. The van der Waals surface area contributed by atoms with Crippen LogP contribution in [0, 0.1) is 35.7 Å². The summed E-state index contributed by atoms with van der Waals surface area (Å²) in [6, 6.07) is 7.40. The smallest absolute Gasteiger partial charge is 0.227 e. The second-order valence-corrected chi connectivity index (χ2v) is 5.09. The Morgan fingerprint density at radius 2 is 1.80 bits per heavy atom. The average Bonchev–Trinajstić information content (AvgIpc) is 2.64. The van der Waals surface area contributed by atoms with Gasteiger partial charge >= 0.3 is 0 Å². The number of aromatic nitrogens is 3. The minimum absolute atomic E-state index is 0.00266. The lowest BCUT2D eigenvalue weighted by Crippen LogP contribution is -2.04. The van der Waals surface area contributed by atoms with Crippen molar-refractivity contribution in [2.75, 3.05) is 5.32 Å². The summed E-state index contributed by atoms with van der Waals surface area (Å²) < 4.78 is 40.9. The molecule has 3 rings (SSSR count). The molecule has 1 aromatic carbocycles. The van der Waals surface area contributed by atoms with E-state index >= 15 is 0 Å². The first-order valence-electron chi connectivity index (χ1n) is 7.10. The van der Waals surface area contributed by atoms with Crippen molar-refractivity contribution in [1.82, 2.24) is 15.0 Å². The van der Waals surface area contributed by atoms with E-state index in [4.69, 9.17) is 5.26 Å². The maximum atomic E-state index is 14.1. The molecule has 0 aliphatic heterocycles. The third-order valence-corrected chi connectivity index (χ3v) is 3.45. The van der Waals surface area contributed by atoms with Crippen LogP contribution in [0.1, 0.15) is 11.3 Å². The zero-order valence-electron chi connectivity index (χ0n) is 12.9.